The molecule has 0 aromatic heterocycles. The van der Waals surface area contributed by atoms with Crippen molar-refractivity contribution in [3.63, 3.8) is 0 Å². The zero-order valence-electron chi connectivity index (χ0n) is 11.7. The van der Waals surface area contributed by atoms with Gasteiger partial charge in [-0.2, -0.15) is 13.2 Å². The fourth-order valence-corrected chi connectivity index (χ4v) is 3.04. The van der Waals surface area contributed by atoms with Crippen LogP contribution in [-0.4, -0.2) is 80.2 Å². The molecule has 2 saturated heterocycles. The van der Waals surface area contributed by atoms with Crippen LogP contribution in [0.3, 0.4) is 0 Å². The van der Waals surface area contributed by atoms with Crippen LogP contribution < -0.4 is 0 Å². The topological polar surface area (TPSA) is 35.9 Å². The Morgan fingerprint density at radius 1 is 1.10 bits per heavy atom. The minimum atomic E-state index is -4.12. The van der Waals surface area contributed by atoms with E-state index in [2.05, 4.69) is 4.90 Å². The maximum absolute atomic E-state index is 12.3. The van der Waals surface area contributed by atoms with E-state index in [1.165, 1.54) is 4.90 Å². The standard InChI is InChI=1S/C13H23F3N2O2/c14-13(15,16)9-18-5-3-17(4-6-18)8-12(10-19)2-1-7-20-11-12/h19H,1-11H2. The highest BCUT2D eigenvalue weighted by atomic mass is 19.4. The van der Waals surface area contributed by atoms with Crippen LogP contribution in [0.15, 0.2) is 0 Å². The fraction of sp³-hybridized carbons (Fsp3) is 1.00. The first kappa shape index (κ1) is 16.0. The van der Waals surface area contributed by atoms with Crippen LogP contribution in [0.2, 0.25) is 0 Å². The third-order valence-corrected chi connectivity index (χ3v) is 4.17. The Morgan fingerprint density at radius 2 is 1.75 bits per heavy atom. The lowest BCUT2D eigenvalue weighted by Crippen LogP contribution is -2.53. The van der Waals surface area contributed by atoms with Gasteiger partial charge >= 0.3 is 6.18 Å². The first-order valence-electron chi connectivity index (χ1n) is 7.13. The van der Waals surface area contributed by atoms with Crippen LogP contribution in [0.1, 0.15) is 12.8 Å². The summed E-state index contributed by atoms with van der Waals surface area (Å²) in [6, 6.07) is 0. The molecule has 0 aromatic rings. The predicted octanol–water partition coefficient (Wildman–Crippen LogP) is 0.955. The number of aliphatic hydroxyl groups excluding tert-OH is 1. The van der Waals surface area contributed by atoms with Gasteiger partial charge in [-0.1, -0.05) is 0 Å². The third kappa shape index (κ3) is 4.58. The van der Waals surface area contributed by atoms with Gasteiger partial charge in [0.2, 0.25) is 0 Å². The lowest BCUT2D eigenvalue weighted by Gasteiger charge is -2.42. The van der Waals surface area contributed by atoms with Gasteiger partial charge in [0.15, 0.2) is 0 Å². The van der Waals surface area contributed by atoms with Crippen molar-refractivity contribution in [3.05, 3.63) is 0 Å². The van der Waals surface area contributed by atoms with E-state index in [4.69, 9.17) is 4.74 Å². The normalized spacial score (nSPS) is 30.6. The van der Waals surface area contributed by atoms with Crippen molar-refractivity contribution in [3.8, 4) is 0 Å². The second-order valence-corrected chi connectivity index (χ2v) is 5.98. The van der Waals surface area contributed by atoms with Crippen LogP contribution in [0.5, 0.6) is 0 Å². The zero-order valence-corrected chi connectivity index (χ0v) is 11.7. The molecule has 7 heteroatoms. The Bertz CT molecular complexity index is 298. The number of halogens is 3. The summed E-state index contributed by atoms with van der Waals surface area (Å²) in [5, 5.41) is 9.61. The van der Waals surface area contributed by atoms with E-state index in [1.54, 1.807) is 0 Å². The summed E-state index contributed by atoms with van der Waals surface area (Å²) in [6.45, 7) is 3.36. The summed E-state index contributed by atoms with van der Waals surface area (Å²) < 4.78 is 42.4. The lowest BCUT2D eigenvalue weighted by molar-refractivity contribution is -0.150. The highest BCUT2D eigenvalue weighted by Gasteiger charge is 2.36. The number of piperazine rings is 1. The molecule has 0 aliphatic carbocycles. The molecule has 20 heavy (non-hydrogen) atoms. The van der Waals surface area contributed by atoms with E-state index in [0.29, 0.717) is 39.3 Å². The number of alkyl halides is 3. The molecule has 2 rings (SSSR count). The molecule has 0 amide bonds. The van der Waals surface area contributed by atoms with Crippen molar-refractivity contribution < 1.29 is 23.0 Å². The molecule has 2 aliphatic rings. The fourth-order valence-electron chi connectivity index (χ4n) is 3.04. The number of rotatable bonds is 4. The summed E-state index contributed by atoms with van der Waals surface area (Å²) in [4.78, 5) is 3.59. The summed E-state index contributed by atoms with van der Waals surface area (Å²) in [7, 11) is 0. The zero-order chi connectivity index (χ0) is 14.6. The molecule has 0 saturated carbocycles. The minimum Gasteiger partial charge on any atom is -0.396 e. The minimum absolute atomic E-state index is 0.0791. The molecule has 1 atom stereocenters. The van der Waals surface area contributed by atoms with Gasteiger partial charge in [-0.05, 0) is 12.8 Å². The molecule has 0 radical (unpaired) electrons. The quantitative estimate of drug-likeness (QED) is 0.838. The average molecular weight is 296 g/mol. The van der Waals surface area contributed by atoms with E-state index in [0.717, 1.165) is 19.4 Å². The SMILES string of the molecule is OCC1(CN2CCN(CC(F)(F)F)CC2)CCCOC1. The number of nitrogens with zero attached hydrogens (tertiary/aromatic N) is 2. The number of ether oxygens (including phenoxy) is 1. The van der Waals surface area contributed by atoms with Crippen molar-refractivity contribution in [1.82, 2.24) is 9.80 Å². The molecule has 4 nitrogen and oxygen atoms in total. The molecular formula is C13H23F3N2O2. The molecular weight excluding hydrogens is 273 g/mol. The van der Waals surface area contributed by atoms with Crippen LogP contribution in [0.4, 0.5) is 13.2 Å². The Balaban J connectivity index is 1.78. The predicted molar refractivity (Wildman–Crippen MR) is 68.5 cm³/mol. The van der Waals surface area contributed by atoms with Crippen LogP contribution in [0, 0.1) is 5.41 Å². The molecule has 118 valence electrons. The van der Waals surface area contributed by atoms with Gasteiger partial charge in [0, 0.05) is 44.7 Å². The van der Waals surface area contributed by atoms with Crippen molar-refractivity contribution in [2.45, 2.75) is 19.0 Å². The molecule has 1 N–H and O–H groups in total. The maximum atomic E-state index is 12.3. The number of hydrogen-bond donors (Lipinski definition) is 1. The maximum Gasteiger partial charge on any atom is 0.401 e. The Morgan fingerprint density at radius 3 is 2.25 bits per heavy atom. The Labute approximate surface area is 117 Å². The highest BCUT2D eigenvalue weighted by Crippen LogP contribution is 2.29. The van der Waals surface area contributed by atoms with Gasteiger partial charge in [-0.25, -0.2) is 0 Å². The van der Waals surface area contributed by atoms with E-state index in [1.807, 2.05) is 0 Å². The van der Waals surface area contributed by atoms with Crippen molar-refractivity contribution in [1.29, 1.82) is 0 Å². The Hall–Kier alpha value is -0.370. The molecule has 2 aliphatic heterocycles. The van der Waals surface area contributed by atoms with Gasteiger partial charge in [0.1, 0.15) is 0 Å². The van der Waals surface area contributed by atoms with Crippen LogP contribution >= 0.6 is 0 Å². The molecule has 0 spiro atoms. The summed E-state index contributed by atoms with van der Waals surface area (Å²) >= 11 is 0. The van der Waals surface area contributed by atoms with E-state index in [9.17, 15) is 18.3 Å². The average Bonchev–Trinajstić information content (AvgIpc) is 2.40. The Kier molecular flexibility index (Phi) is 5.28. The van der Waals surface area contributed by atoms with Gasteiger partial charge in [0.25, 0.3) is 0 Å². The first-order valence-corrected chi connectivity index (χ1v) is 7.13. The van der Waals surface area contributed by atoms with Crippen molar-refractivity contribution >= 4 is 0 Å². The monoisotopic (exact) mass is 296 g/mol. The van der Waals surface area contributed by atoms with Gasteiger partial charge in [0.05, 0.1) is 19.8 Å². The second kappa shape index (κ2) is 6.60. The summed E-state index contributed by atoms with van der Waals surface area (Å²) in [6.07, 6.45) is -2.26. The van der Waals surface area contributed by atoms with E-state index < -0.39 is 12.7 Å². The largest absolute Gasteiger partial charge is 0.401 e. The van der Waals surface area contributed by atoms with Crippen molar-refractivity contribution in [2.75, 3.05) is 59.1 Å². The van der Waals surface area contributed by atoms with E-state index in [-0.39, 0.29) is 12.0 Å². The van der Waals surface area contributed by atoms with Gasteiger partial charge in [-0.15, -0.1) is 0 Å². The van der Waals surface area contributed by atoms with Crippen LogP contribution in [-0.2, 0) is 4.74 Å². The van der Waals surface area contributed by atoms with Crippen molar-refractivity contribution in [2.24, 2.45) is 5.41 Å². The lowest BCUT2D eigenvalue weighted by atomic mass is 9.82. The smallest absolute Gasteiger partial charge is 0.396 e. The van der Waals surface area contributed by atoms with Crippen LogP contribution in [0.25, 0.3) is 0 Å². The third-order valence-electron chi connectivity index (χ3n) is 4.17. The summed E-state index contributed by atoms with van der Waals surface area (Å²) in [5.41, 5.74) is -0.232. The van der Waals surface area contributed by atoms with Gasteiger partial charge < -0.3 is 14.7 Å². The molecule has 2 fully saturated rings. The summed E-state index contributed by atoms with van der Waals surface area (Å²) in [5.74, 6) is 0. The molecule has 0 bridgehead atoms. The van der Waals surface area contributed by atoms with Gasteiger partial charge in [-0.3, -0.25) is 4.90 Å². The highest BCUT2D eigenvalue weighted by molar-refractivity contribution is 4.86. The molecule has 2 heterocycles. The second-order valence-electron chi connectivity index (χ2n) is 5.98. The molecule has 1 unspecified atom stereocenters. The number of hydrogen-bond acceptors (Lipinski definition) is 4. The molecule has 0 aromatic carbocycles. The first-order chi connectivity index (χ1) is 9.42. The number of aliphatic hydroxyl groups is 1. The van der Waals surface area contributed by atoms with E-state index >= 15 is 0 Å².